The number of hydrogen-bond acceptors (Lipinski definition) is 4. The van der Waals surface area contributed by atoms with Gasteiger partial charge in [-0.25, -0.2) is 13.1 Å². The second kappa shape index (κ2) is 6.35. The third-order valence-electron chi connectivity index (χ3n) is 2.36. The number of rotatable bonds is 6. The quantitative estimate of drug-likeness (QED) is 0.375. The summed E-state index contributed by atoms with van der Waals surface area (Å²) in [5.41, 5.74) is -0.897. The maximum Gasteiger partial charge on any atom is 0.389 e. The van der Waals surface area contributed by atoms with Gasteiger partial charge in [0, 0.05) is 25.1 Å². The molecule has 1 aromatic carbocycles. The minimum Gasteiger partial charge on any atom is -0.258 e. The van der Waals surface area contributed by atoms with Gasteiger partial charge in [0.2, 0.25) is 15.8 Å². The molecule has 0 saturated carbocycles. The molecule has 1 aromatic rings. The number of nitrogens with one attached hydrogen (secondary N) is 1. The van der Waals surface area contributed by atoms with E-state index in [4.69, 9.17) is 0 Å². The third kappa shape index (κ3) is 5.27. The summed E-state index contributed by atoms with van der Waals surface area (Å²) in [6.07, 6.45) is -6.03. The average molecular weight is 330 g/mol. The molecule has 118 valence electrons. The first-order chi connectivity index (χ1) is 9.53. The molecule has 0 aromatic heterocycles. The molecule has 0 spiro atoms. The van der Waals surface area contributed by atoms with Gasteiger partial charge < -0.3 is 0 Å². The molecule has 0 radical (unpaired) electrons. The van der Waals surface area contributed by atoms with Gasteiger partial charge >= 0.3 is 11.9 Å². The van der Waals surface area contributed by atoms with Crippen molar-refractivity contribution in [3.05, 3.63) is 34.1 Å². The second-order valence-corrected chi connectivity index (χ2v) is 5.75. The van der Waals surface area contributed by atoms with Crippen molar-refractivity contribution in [1.29, 1.82) is 0 Å². The highest BCUT2D eigenvalue weighted by atomic mass is 32.2. The molecule has 0 aliphatic rings. The van der Waals surface area contributed by atoms with Crippen LogP contribution in [0.1, 0.15) is 12.8 Å². The van der Waals surface area contributed by atoms with Gasteiger partial charge in [0.1, 0.15) is 0 Å². The molecule has 0 atom stereocenters. The summed E-state index contributed by atoms with van der Waals surface area (Å²) in [6, 6.07) is 1.90. The van der Waals surface area contributed by atoms with Crippen LogP contribution in [0.3, 0.4) is 0 Å². The molecule has 1 rings (SSSR count). The van der Waals surface area contributed by atoms with Crippen molar-refractivity contribution in [2.45, 2.75) is 23.9 Å². The van der Waals surface area contributed by atoms with Gasteiger partial charge in [0.15, 0.2) is 0 Å². The number of hydrogen-bond donors (Lipinski definition) is 1. The van der Waals surface area contributed by atoms with Crippen molar-refractivity contribution >= 4 is 15.7 Å². The van der Waals surface area contributed by atoms with E-state index in [1.54, 1.807) is 0 Å². The summed E-state index contributed by atoms with van der Waals surface area (Å²) in [5.74, 6) is -1.35. The minimum absolute atomic E-state index is 0.435. The number of nitrogens with zero attached hydrogens (tertiary/aromatic N) is 1. The smallest absolute Gasteiger partial charge is 0.258 e. The van der Waals surface area contributed by atoms with E-state index >= 15 is 0 Å². The number of alkyl halides is 3. The first-order valence-electron chi connectivity index (χ1n) is 5.53. The van der Waals surface area contributed by atoms with Crippen LogP contribution in [0.4, 0.5) is 23.2 Å². The number of benzene rings is 1. The molecule has 0 heterocycles. The molecule has 0 unspecified atom stereocenters. The van der Waals surface area contributed by atoms with E-state index in [0.717, 1.165) is 6.07 Å². The minimum atomic E-state index is -4.40. The van der Waals surface area contributed by atoms with Crippen LogP contribution in [-0.4, -0.2) is 26.1 Å². The summed E-state index contributed by atoms with van der Waals surface area (Å²) in [5, 5.41) is 10.4. The van der Waals surface area contributed by atoms with Crippen LogP contribution in [0, 0.1) is 15.9 Å². The largest absolute Gasteiger partial charge is 0.389 e. The SMILES string of the molecule is O=[N+]([O-])c1ccc(S(=O)(=O)NCCCC(F)(F)F)cc1F. The summed E-state index contributed by atoms with van der Waals surface area (Å²) in [4.78, 5) is 8.76. The Morgan fingerprint density at radius 1 is 1.29 bits per heavy atom. The maximum atomic E-state index is 13.3. The lowest BCUT2D eigenvalue weighted by Gasteiger charge is -2.08. The zero-order chi connectivity index (χ0) is 16.3. The Morgan fingerprint density at radius 2 is 1.90 bits per heavy atom. The van der Waals surface area contributed by atoms with Crippen LogP contribution in [0.5, 0.6) is 0 Å². The Bertz CT molecular complexity index is 630. The predicted molar refractivity (Wildman–Crippen MR) is 63.5 cm³/mol. The van der Waals surface area contributed by atoms with E-state index in [1.165, 1.54) is 0 Å². The van der Waals surface area contributed by atoms with Crippen LogP contribution >= 0.6 is 0 Å². The number of sulfonamides is 1. The van der Waals surface area contributed by atoms with E-state index in [1.807, 2.05) is 4.72 Å². The molecule has 0 aliphatic carbocycles. The lowest BCUT2D eigenvalue weighted by atomic mass is 10.3. The lowest BCUT2D eigenvalue weighted by Crippen LogP contribution is -2.26. The molecule has 11 heteroatoms. The monoisotopic (exact) mass is 330 g/mol. The van der Waals surface area contributed by atoms with Gasteiger partial charge in [-0.15, -0.1) is 0 Å². The van der Waals surface area contributed by atoms with Gasteiger partial charge in [0.25, 0.3) is 0 Å². The Kier molecular flexibility index (Phi) is 5.23. The molecular weight excluding hydrogens is 320 g/mol. The summed E-state index contributed by atoms with van der Waals surface area (Å²) < 4.78 is 74.1. The van der Waals surface area contributed by atoms with Crippen molar-refractivity contribution in [3.8, 4) is 0 Å². The van der Waals surface area contributed by atoms with Crippen molar-refractivity contribution in [2.24, 2.45) is 0 Å². The fourth-order valence-corrected chi connectivity index (χ4v) is 2.47. The van der Waals surface area contributed by atoms with Crippen LogP contribution in [0.2, 0.25) is 0 Å². The molecular formula is C10H10F4N2O4S. The highest BCUT2D eigenvalue weighted by molar-refractivity contribution is 7.89. The summed E-state index contributed by atoms with van der Waals surface area (Å²) in [7, 11) is -4.22. The fourth-order valence-electron chi connectivity index (χ4n) is 1.38. The zero-order valence-electron chi connectivity index (χ0n) is 10.4. The van der Waals surface area contributed by atoms with Crippen molar-refractivity contribution in [1.82, 2.24) is 4.72 Å². The highest BCUT2D eigenvalue weighted by Crippen LogP contribution is 2.22. The predicted octanol–water partition coefficient (Wildman–Crippen LogP) is 2.35. The number of nitro groups is 1. The summed E-state index contributed by atoms with van der Waals surface area (Å²) >= 11 is 0. The molecule has 0 saturated heterocycles. The molecule has 0 amide bonds. The van der Waals surface area contributed by atoms with Crippen molar-refractivity contribution in [3.63, 3.8) is 0 Å². The fraction of sp³-hybridized carbons (Fsp3) is 0.400. The normalized spacial score (nSPS) is 12.4. The molecule has 1 N–H and O–H groups in total. The van der Waals surface area contributed by atoms with E-state index in [2.05, 4.69) is 0 Å². The molecule has 6 nitrogen and oxygen atoms in total. The standard InChI is InChI=1S/C10H10F4N2O4S/c11-8-6-7(2-3-9(8)16(17)18)21(19,20)15-5-1-4-10(12,13)14/h2-3,6,15H,1,4-5H2. The highest BCUT2D eigenvalue weighted by Gasteiger charge is 2.26. The zero-order valence-corrected chi connectivity index (χ0v) is 11.2. The van der Waals surface area contributed by atoms with Gasteiger partial charge in [-0.2, -0.15) is 17.6 Å². The van der Waals surface area contributed by atoms with E-state index in [0.29, 0.717) is 12.1 Å². The van der Waals surface area contributed by atoms with Gasteiger partial charge in [-0.05, 0) is 12.5 Å². The lowest BCUT2D eigenvalue weighted by molar-refractivity contribution is -0.387. The van der Waals surface area contributed by atoms with Crippen molar-refractivity contribution < 1.29 is 30.9 Å². The molecule has 21 heavy (non-hydrogen) atoms. The molecule has 0 aliphatic heterocycles. The van der Waals surface area contributed by atoms with Crippen LogP contribution in [0.25, 0.3) is 0 Å². The Balaban J connectivity index is 2.75. The number of halogens is 4. The van der Waals surface area contributed by atoms with E-state index in [-0.39, 0.29) is 0 Å². The third-order valence-corrected chi connectivity index (χ3v) is 3.81. The second-order valence-electron chi connectivity index (χ2n) is 3.99. The van der Waals surface area contributed by atoms with Crippen LogP contribution in [-0.2, 0) is 10.0 Å². The van der Waals surface area contributed by atoms with Gasteiger partial charge in [-0.3, -0.25) is 10.1 Å². The van der Waals surface area contributed by atoms with Gasteiger partial charge in [0.05, 0.1) is 9.82 Å². The van der Waals surface area contributed by atoms with E-state index < -0.39 is 56.9 Å². The maximum absolute atomic E-state index is 13.3. The molecule has 0 fully saturated rings. The Hall–Kier alpha value is -1.75. The topological polar surface area (TPSA) is 89.3 Å². The average Bonchev–Trinajstić information content (AvgIpc) is 2.33. The molecule has 0 bridgehead atoms. The Labute approximate surface area is 117 Å². The Morgan fingerprint density at radius 3 is 2.38 bits per heavy atom. The first kappa shape index (κ1) is 17.3. The van der Waals surface area contributed by atoms with Crippen molar-refractivity contribution in [2.75, 3.05) is 6.54 Å². The first-order valence-corrected chi connectivity index (χ1v) is 7.01. The number of nitro benzene ring substituents is 1. The summed E-state index contributed by atoms with van der Waals surface area (Å²) in [6.45, 7) is -0.486. The van der Waals surface area contributed by atoms with Crippen LogP contribution in [0.15, 0.2) is 23.1 Å². The van der Waals surface area contributed by atoms with Crippen LogP contribution < -0.4 is 4.72 Å². The van der Waals surface area contributed by atoms with Gasteiger partial charge in [-0.1, -0.05) is 0 Å². The van der Waals surface area contributed by atoms with E-state index in [9.17, 15) is 36.1 Å².